The smallest absolute Gasteiger partial charge is 0.349 e. The number of carbonyl (C=O) groups excluding carboxylic acids is 1. The number of carbonyl (C=O) groups is 1. The molecule has 2 fully saturated rings. The summed E-state index contributed by atoms with van der Waals surface area (Å²) in [7, 11) is 0. The molecule has 0 aliphatic carbocycles. The molecule has 1 amide bonds. The number of hydrogen-bond donors (Lipinski definition) is 2. The summed E-state index contributed by atoms with van der Waals surface area (Å²) in [5.41, 5.74) is 2.12. The molecular formula is C24H31N3O3. The van der Waals surface area contributed by atoms with E-state index in [2.05, 4.69) is 15.5 Å². The second-order valence-electron chi connectivity index (χ2n) is 8.49. The van der Waals surface area contributed by atoms with Gasteiger partial charge in [0.2, 0.25) is 0 Å². The Morgan fingerprint density at radius 1 is 1.20 bits per heavy atom. The highest BCUT2D eigenvalue weighted by molar-refractivity contribution is 6.04. The van der Waals surface area contributed by atoms with E-state index in [9.17, 15) is 9.59 Å². The topological polar surface area (TPSA) is 74.6 Å². The summed E-state index contributed by atoms with van der Waals surface area (Å²) >= 11 is 0. The van der Waals surface area contributed by atoms with Crippen molar-refractivity contribution in [2.45, 2.75) is 44.9 Å². The maximum absolute atomic E-state index is 12.7. The molecule has 1 aromatic carbocycles. The second kappa shape index (κ2) is 9.58. The number of amides is 1. The lowest BCUT2D eigenvalue weighted by atomic mass is 9.95. The van der Waals surface area contributed by atoms with E-state index >= 15 is 0 Å². The fraction of sp³-hybridized carbons (Fsp3) is 0.500. The molecule has 4 rings (SSSR count). The minimum atomic E-state index is -0.560. The highest BCUT2D eigenvalue weighted by Gasteiger charge is 2.22. The molecule has 6 nitrogen and oxygen atoms in total. The van der Waals surface area contributed by atoms with Crippen LogP contribution < -0.4 is 16.3 Å². The average molecular weight is 410 g/mol. The van der Waals surface area contributed by atoms with E-state index in [0.29, 0.717) is 17.0 Å². The first-order chi connectivity index (χ1) is 14.6. The third-order valence-corrected chi connectivity index (χ3v) is 6.22. The van der Waals surface area contributed by atoms with Gasteiger partial charge in [-0.1, -0.05) is 12.1 Å². The van der Waals surface area contributed by atoms with E-state index in [-0.39, 0.29) is 11.5 Å². The van der Waals surface area contributed by atoms with Crippen LogP contribution in [0.4, 0.5) is 5.69 Å². The van der Waals surface area contributed by atoms with Gasteiger partial charge < -0.3 is 20.0 Å². The van der Waals surface area contributed by atoms with Crippen molar-refractivity contribution in [3.05, 3.63) is 63.2 Å². The van der Waals surface area contributed by atoms with Crippen molar-refractivity contribution >= 4 is 11.6 Å². The van der Waals surface area contributed by atoms with Crippen molar-refractivity contribution in [1.29, 1.82) is 0 Å². The molecule has 30 heavy (non-hydrogen) atoms. The van der Waals surface area contributed by atoms with Gasteiger partial charge in [0.25, 0.3) is 5.91 Å². The highest BCUT2D eigenvalue weighted by atomic mass is 16.4. The van der Waals surface area contributed by atoms with Crippen LogP contribution in [0.15, 0.2) is 39.5 Å². The van der Waals surface area contributed by atoms with Gasteiger partial charge in [0.05, 0.1) is 0 Å². The number of hydrogen-bond acceptors (Lipinski definition) is 5. The van der Waals surface area contributed by atoms with Crippen molar-refractivity contribution in [3.63, 3.8) is 0 Å². The minimum absolute atomic E-state index is 0.0839. The highest BCUT2D eigenvalue weighted by Crippen LogP contribution is 2.24. The molecule has 1 atom stereocenters. The van der Waals surface area contributed by atoms with E-state index in [1.807, 2.05) is 30.3 Å². The zero-order valence-corrected chi connectivity index (χ0v) is 17.7. The molecule has 2 aliphatic rings. The summed E-state index contributed by atoms with van der Waals surface area (Å²) in [5.74, 6) is 0.443. The van der Waals surface area contributed by atoms with Crippen LogP contribution in [0.5, 0.6) is 0 Å². The first-order valence-electron chi connectivity index (χ1n) is 11.1. The van der Waals surface area contributed by atoms with E-state index in [4.69, 9.17) is 4.42 Å². The second-order valence-corrected chi connectivity index (χ2v) is 8.49. The lowest BCUT2D eigenvalue weighted by molar-refractivity contribution is 0.102. The van der Waals surface area contributed by atoms with E-state index in [0.717, 1.165) is 38.9 Å². The van der Waals surface area contributed by atoms with Gasteiger partial charge >= 0.3 is 5.63 Å². The quantitative estimate of drug-likeness (QED) is 0.766. The lowest BCUT2D eigenvalue weighted by Gasteiger charge is -2.22. The monoisotopic (exact) mass is 409 g/mol. The Morgan fingerprint density at radius 3 is 2.63 bits per heavy atom. The summed E-state index contributed by atoms with van der Waals surface area (Å²) < 4.78 is 5.53. The summed E-state index contributed by atoms with van der Waals surface area (Å²) in [6, 6.07) is 9.72. The number of nitrogens with one attached hydrogen (secondary N) is 2. The van der Waals surface area contributed by atoms with Crippen LogP contribution in [0.25, 0.3) is 0 Å². The van der Waals surface area contributed by atoms with Gasteiger partial charge in [-0.05, 0) is 88.0 Å². The standard InChI is InChI=1S/C24H31N3O3/c1-17-15-21(19-5-4-11-25-16-19)30-24(29)22(17)23(28)26-20-8-6-18(7-9-20)10-14-27-12-2-3-13-27/h6-9,15,19,25H,2-5,10-14,16H2,1H3,(H,26,28). The lowest BCUT2D eigenvalue weighted by Crippen LogP contribution is -2.30. The molecule has 3 heterocycles. The number of piperidine rings is 1. The third kappa shape index (κ3) is 4.99. The zero-order valence-electron chi connectivity index (χ0n) is 17.7. The third-order valence-electron chi connectivity index (χ3n) is 6.22. The van der Waals surface area contributed by atoms with Crippen molar-refractivity contribution in [1.82, 2.24) is 10.2 Å². The molecular weight excluding hydrogens is 378 g/mol. The van der Waals surface area contributed by atoms with Gasteiger partial charge in [-0.2, -0.15) is 0 Å². The zero-order chi connectivity index (χ0) is 20.9. The molecule has 2 saturated heterocycles. The molecule has 2 N–H and O–H groups in total. The first kappa shape index (κ1) is 20.8. The Morgan fingerprint density at radius 2 is 1.97 bits per heavy atom. The largest absolute Gasteiger partial charge is 0.427 e. The van der Waals surface area contributed by atoms with Crippen LogP contribution in [-0.2, 0) is 6.42 Å². The van der Waals surface area contributed by atoms with Gasteiger partial charge in [-0.15, -0.1) is 0 Å². The van der Waals surface area contributed by atoms with Crippen LogP contribution in [0, 0.1) is 6.92 Å². The van der Waals surface area contributed by atoms with Crippen LogP contribution >= 0.6 is 0 Å². The summed E-state index contributed by atoms with van der Waals surface area (Å²) in [4.78, 5) is 27.8. The van der Waals surface area contributed by atoms with Gasteiger partial charge in [-0.25, -0.2) is 4.79 Å². The Balaban J connectivity index is 1.40. The molecule has 1 unspecified atom stereocenters. The molecule has 0 bridgehead atoms. The van der Waals surface area contributed by atoms with Crippen LogP contribution in [0.3, 0.4) is 0 Å². The van der Waals surface area contributed by atoms with Gasteiger partial charge in [-0.3, -0.25) is 4.79 Å². The normalized spacial score (nSPS) is 19.7. The fourth-order valence-corrected chi connectivity index (χ4v) is 4.44. The average Bonchev–Trinajstić information content (AvgIpc) is 3.27. The van der Waals surface area contributed by atoms with Crippen LogP contribution in [-0.4, -0.2) is 43.5 Å². The number of rotatable bonds is 6. The van der Waals surface area contributed by atoms with Crippen molar-refractivity contribution < 1.29 is 9.21 Å². The maximum atomic E-state index is 12.7. The molecule has 0 radical (unpaired) electrons. The van der Waals surface area contributed by atoms with Crippen LogP contribution in [0.1, 0.15) is 58.8 Å². The van der Waals surface area contributed by atoms with E-state index in [1.165, 1.54) is 31.5 Å². The summed E-state index contributed by atoms with van der Waals surface area (Å²) in [6.07, 6.45) is 5.66. The van der Waals surface area contributed by atoms with Crippen molar-refractivity contribution in [3.8, 4) is 0 Å². The van der Waals surface area contributed by atoms with Gasteiger partial charge in [0.1, 0.15) is 11.3 Å². The Hall–Kier alpha value is -2.44. The Bertz CT molecular complexity index is 924. The molecule has 2 aliphatic heterocycles. The molecule has 1 aromatic heterocycles. The number of likely N-dealkylation sites (tertiary alicyclic amines) is 1. The fourth-order valence-electron chi connectivity index (χ4n) is 4.44. The predicted octanol–water partition coefficient (Wildman–Crippen LogP) is 3.31. The van der Waals surface area contributed by atoms with Gasteiger partial charge in [0, 0.05) is 24.7 Å². The molecule has 2 aromatic rings. The van der Waals surface area contributed by atoms with E-state index < -0.39 is 11.5 Å². The molecule has 160 valence electrons. The molecule has 0 spiro atoms. The number of anilines is 1. The first-order valence-corrected chi connectivity index (χ1v) is 11.1. The minimum Gasteiger partial charge on any atom is -0.427 e. The maximum Gasteiger partial charge on any atom is 0.349 e. The van der Waals surface area contributed by atoms with Crippen molar-refractivity contribution in [2.75, 3.05) is 38.0 Å². The summed E-state index contributed by atoms with van der Waals surface area (Å²) in [6.45, 7) is 7.08. The number of nitrogens with zero attached hydrogens (tertiary/aromatic N) is 1. The van der Waals surface area contributed by atoms with Crippen LogP contribution in [0.2, 0.25) is 0 Å². The predicted molar refractivity (Wildman–Crippen MR) is 118 cm³/mol. The van der Waals surface area contributed by atoms with E-state index in [1.54, 1.807) is 6.92 Å². The Labute approximate surface area is 177 Å². The molecule has 0 saturated carbocycles. The number of benzene rings is 1. The molecule has 6 heteroatoms. The SMILES string of the molecule is Cc1cc(C2CCCNC2)oc(=O)c1C(=O)Nc1ccc(CCN2CCCC2)cc1. The van der Waals surface area contributed by atoms with Gasteiger partial charge in [0.15, 0.2) is 0 Å². The Kier molecular flexibility index (Phi) is 6.65. The number of aryl methyl sites for hydroxylation is 1. The summed E-state index contributed by atoms with van der Waals surface area (Å²) in [5, 5.41) is 6.17. The van der Waals surface area contributed by atoms with Crippen molar-refractivity contribution in [2.24, 2.45) is 0 Å².